The minimum absolute atomic E-state index is 0.323. The van der Waals surface area contributed by atoms with Crippen molar-refractivity contribution in [3.05, 3.63) is 0 Å². The molecule has 2 aliphatic rings. The lowest BCUT2D eigenvalue weighted by atomic mass is 9.99. The van der Waals surface area contributed by atoms with E-state index in [4.69, 9.17) is 4.74 Å². The first kappa shape index (κ1) is 15.1. The van der Waals surface area contributed by atoms with E-state index in [1.165, 1.54) is 19.3 Å². The van der Waals surface area contributed by atoms with Crippen molar-refractivity contribution in [2.24, 2.45) is 5.92 Å². The Balaban J connectivity index is 1.69. The molecule has 4 nitrogen and oxygen atoms in total. The van der Waals surface area contributed by atoms with Crippen LogP contribution in [0.5, 0.6) is 0 Å². The molecular weight excluding hydrogens is 260 g/mol. The van der Waals surface area contributed by atoms with Crippen molar-refractivity contribution < 1.29 is 9.53 Å². The molecule has 1 unspecified atom stereocenters. The Labute approximate surface area is 120 Å². The van der Waals surface area contributed by atoms with Crippen molar-refractivity contribution in [3.63, 3.8) is 0 Å². The minimum atomic E-state index is 0.323. The zero-order chi connectivity index (χ0) is 13.5. The van der Waals surface area contributed by atoms with Gasteiger partial charge in [0.2, 0.25) is 5.91 Å². The second-order valence-electron chi connectivity index (χ2n) is 5.56. The third-order valence-electron chi connectivity index (χ3n) is 4.00. The first-order valence-electron chi connectivity index (χ1n) is 7.38. The molecule has 0 saturated carbocycles. The molecule has 0 aromatic rings. The Morgan fingerprint density at radius 2 is 2.16 bits per heavy atom. The van der Waals surface area contributed by atoms with E-state index in [1.807, 2.05) is 16.7 Å². The van der Waals surface area contributed by atoms with Crippen LogP contribution in [0.25, 0.3) is 0 Å². The number of rotatable bonds is 5. The quantitative estimate of drug-likeness (QED) is 0.828. The van der Waals surface area contributed by atoms with Crippen LogP contribution in [0.4, 0.5) is 0 Å². The monoisotopic (exact) mass is 286 g/mol. The molecule has 1 atom stereocenters. The molecule has 2 rings (SSSR count). The minimum Gasteiger partial charge on any atom is -0.384 e. The molecule has 0 radical (unpaired) electrons. The van der Waals surface area contributed by atoms with Gasteiger partial charge in [0.15, 0.2) is 0 Å². The molecular formula is C14H26N2O2S. The summed E-state index contributed by atoms with van der Waals surface area (Å²) >= 11 is 1.85. The van der Waals surface area contributed by atoms with E-state index in [0.717, 1.165) is 39.2 Å². The summed E-state index contributed by atoms with van der Waals surface area (Å²) in [6, 6.07) is 0. The molecule has 0 aliphatic carbocycles. The molecule has 0 spiro atoms. The lowest BCUT2D eigenvalue weighted by molar-refractivity contribution is -0.130. The van der Waals surface area contributed by atoms with Crippen molar-refractivity contribution in [3.8, 4) is 0 Å². The maximum absolute atomic E-state index is 12.2. The van der Waals surface area contributed by atoms with Crippen molar-refractivity contribution in [1.29, 1.82) is 0 Å². The molecule has 2 fully saturated rings. The Hall–Kier alpha value is -0.260. The number of piperidine rings is 2. The van der Waals surface area contributed by atoms with E-state index >= 15 is 0 Å². The van der Waals surface area contributed by atoms with Crippen molar-refractivity contribution in [2.75, 3.05) is 45.6 Å². The first-order chi connectivity index (χ1) is 9.29. The van der Waals surface area contributed by atoms with Crippen molar-refractivity contribution in [1.82, 2.24) is 10.2 Å². The van der Waals surface area contributed by atoms with E-state index in [1.54, 1.807) is 7.11 Å². The molecule has 2 saturated heterocycles. The number of ether oxygens (including phenoxy) is 1. The maximum atomic E-state index is 12.2. The second-order valence-corrected chi connectivity index (χ2v) is 6.85. The number of nitrogens with one attached hydrogen (secondary N) is 1. The Morgan fingerprint density at radius 1 is 1.37 bits per heavy atom. The predicted octanol–water partition coefficient (Wildman–Crippen LogP) is 1.36. The van der Waals surface area contributed by atoms with Gasteiger partial charge in [-0.1, -0.05) is 0 Å². The third kappa shape index (κ3) is 4.97. The zero-order valence-corrected chi connectivity index (χ0v) is 12.7. The SMILES string of the molecule is COCC1CCCN(C(=O)CSC2CCNCC2)C1. The first-order valence-corrected chi connectivity index (χ1v) is 8.43. The number of likely N-dealkylation sites (tertiary alicyclic amines) is 1. The third-order valence-corrected chi connectivity index (χ3v) is 5.36. The van der Waals surface area contributed by atoms with Gasteiger partial charge in [-0.3, -0.25) is 4.79 Å². The van der Waals surface area contributed by atoms with E-state index < -0.39 is 0 Å². The predicted molar refractivity (Wildman–Crippen MR) is 79.5 cm³/mol. The lowest BCUT2D eigenvalue weighted by Gasteiger charge is -2.33. The van der Waals surface area contributed by atoms with Gasteiger partial charge < -0.3 is 15.0 Å². The number of hydrogen-bond donors (Lipinski definition) is 1. The van der Waals surface area contributed by atoms with Crippen LogP contribution < -0.4 is 5.32 Å². The van der Waals surface area contributed by atoms with Gasteiger partial charge in [-0.15, -0.1) is 11.8 Å². The second kappa shape index (κ2) is 8.12. The maximum Gasteiger partial charge on any atom is 0.232 e. The van der Waals surface area contributed by atoms with Gasteiger partial charge in [-0.05, 0) is 44.7 Å². The van der Waals surface area contributed by atoms with Gasteiger partial charge in [0.1, 0.15) is 0 Å². The Bertz CT molecular complexity index is 281. The highest BCUT2D eigenvalue weighted by Crippen LogP contribution is 2.22. The number of methoxy groups -OCH3 is 1. The normalized spacial score (nSPS) is 25.5. The average Bonchev–Trinajstić information content (AvgIpc) is 2.46. The van der Waals surface area contributed by atoms with Crippen molar-refractivity contribution >= 4 is 17.7 Å². The lowest BCUT2D eigenvalue weighted by Crippen LogP contribution is -2.42. The summed E-state index contributed by atoms with van der Waals surface area (Å²) in [7, 11) is 1.74. The van der Waals surface area contributed by atoms with Gasteiger partial charge in [0, 0.05) is 25.4 Å². The zero-order valence-electron chi connectivity index (χ0n) is 11.9. The van der Waals surface area contributed by atoms with Crippen molar-refractivity contribution in [2.45, 2.75) is 30.9 Å². The topological polar surface area (TPSA) is 41.6 Å². The fraction of sp³-hybridized carbons (Fsp3) is 0.929. The van der Waals surface area contributed by atoms with Crippen LogP contribution >= 0.6 is 11.8 Å². The summed E-state index contributed by atoms with van der Waals surface area (Å²) in [4.78, 5) is 14.3. The molecule has 2 aliphatic heterocycles. The summed E-state index contributed by atoms with van der Waals surface area (Å²) in [5.41, 5.74) is 0. The van der Waals surface area contributed by atoms with Crippen LogP contribution in [-0.4, -0.2) is 61.7 Å². The molecule has 0 bridgehead atoms. The van der Waals surface area contributed by atoms with Crippen LogP contribution in [0, 0.1) is 5.92 Å². The largest absolute Gasteiger partial charge is 0.384 e. The van der Waals surface area contributed by atoms with Gasteiger partial charge in [0.05, 0.1) is 12.4 Å². The molecule has 1 amide bonds. The number of nitrogens with zero attached hydrogens (tertiary/aromatic N) is 1. The molecule has 110 valence electrons. The molecule has 2 heterocycles. The van der Waals surface area contributed by atoms with Crippen LogP contribution in [0.2, 0.25) is 0 Å². The van der Waals surface area contributed by atoms with Gasteiger partial charge in [-0.2, -0.15) is 0 Å². The number of carbonyl (C=O) groups is 1. The highest BCUT2D eigenvalue weighted by Gasteiger charge is 2.24. The average molecular weight is 286 g/mol. The summed E-state index contributed by atoms with van der Waals surface area (Å²) in [5, 5.41) is 4.03. The molecule has 0 aromatic carbocycles. The van der Waals surface area contributed by atoms with Gasteiger partial charge in [0.25, 0.3) is 0 Å². The number of thioether (sulfide) groups is 1. The summed E-state index contributed by atoms with van der Waals surface area (Å²) in [5.74, 6) is 1.51. The number of carbonyl (C=O) groups excluding carboxylic acids is 1. The van der Waals surface area contributed by atoms with Crippen LogP contribution in [0.15, 0.2) is 0 Å². The summed E-state index contributed by atoms with van der Waals surface area (Å²) in [6.45, 7) is 4.81. The molecule has 0 aromatic heterocycles. The molecule has 5 heteroatoms. The van der Waals surface area contributed by atoms with E-state index in [2.05, 4.69) is 5.32 Å². The fourth-order valence-corrected chi connectivity index (χ4v) is 4.04. The van der Waals surface area contributed by atoms with Gasteiger partial charge >= 0.3 is 0 Å². The highest BCUT2D eigenvalue weighted by molar-refractivity contribution is 8.00. The number of hydrogen-bond acceptors (Lipinski definition) is 4. The van der Waals surface area contributed by atoms with Crippen LogP contribution in [-0.2, 0) is 9.53 Å². The standard InChI is InChI=1S/C14H26N2O2S/c1-18-10-12-3-2-8-16(9-12)14(17)11-19-13-4-6-15-7-5-13/h12-13,15H,2-11H2,1H3. The summed E-state index contributed by atoms with van der Waals surface area (Å²) < 4.78 is 5.21. The molecule has 1 N–H and O–H groups in total. The number of amides is 1. The van der Waals surface area contributed by atoms with E-state index in [9.17, 15) is 4.79 Å². The fourth-order valence-electron chi connectivity index (χ4n) is 2.91. The highest BCUT2D eigenvalue weighted by atomic mass is 32.2. The van der Waals surface area contributed by atoms with E-state index in [-0.39, 0.29) is 0 Å². The molecule has 19 heavy (non-hydrogen) atoms. The van der Waals surface area contributed by atoms with E-state index in [0.29, 0.717) is 22.8 Å². The van der Waals surface area contributed by atoms with Crippen LogP contribution in [0.1, 0.15) is 25.7 Å². The smallest absolute Gasteiger partial charge is 0.232 e. The van der Waals surface area contributed by atoms with Gasteiger partial charge in [-0.25, -0.2) is 0 Å². The Morgan fingerprint density at radius 3 is 2.89 bits per heavy atom. The Kier molecular flexibility index (Phi) is 6.47. The summed E-state index contributed by atoms with van der Waals surface area (Å²) in [6.07, 6.45) is 4.71. The van der Waals surface area contributed by atoms with Crippen LogP contribution in [0.3, 0.4) is 0 Å².